The summed E-state index contributed by atoms with van der Waals surface area (Å²) in [5.41, 5.74) is 1.72. The molecule has 2 atom stereocenters. The molecule has 2 aromatic carbocycles. The molecule has 2 aliphatic heterocycles. The number of halogens is 1. The molecule has 1 saturated heterocycles. The van der Waals surface area contributed by atoms with Gasteiger partial charge in [-0.25, -0.2) is 4.79 Å². The highest BCUT2D eigenvalue weighted by molar-refractivity contribution is 6.30. The molecule has 0 aliphatic carbocycles. The van der Waals surface area contributed by atoms with Crippen LogP contribution in [0.1, 0.15) is 57.7 Å². The van der Waals surface area contributed by atoms with Gasteiger partial charge in [0.05, 0.1) is 30.9 Å². The van der Waals surface area contributed by atoms with Crippen molar-refractivity contribution >= 4 is 29.4 Å². The number of hydrogen-bond acceptors (Lipinski definition) is 5. The first-order valence-corrected chi connectivity index (χ1v) is 13.6. The summed E-state index contributed by atoms with van der Waals surface area (Å²) in [5.74, 6) is 1.89. The quantitative estimate of drug-likeness (QED) is 0.472. The van der Waals surface area contributed by atoms with Crippen LogP contribution < -0.4 is 9.47 Å². The predicted octanol–water partition coefficient (Wildman–Crippen LogP) is 5.39. The lowest BCUT2D eigenvalue weighted by Crippen LogP contribution is -2.55. The van der Waals surface area contributed by atoms with Gasteiger partial charge in [-0.3, -0.25) is 14.7 Å². The van der Waals surface area contributed by atoms with Crippen molar-refractivity contribution in [2.24, 2.45) is 4.99 Å². The van der Waals surface area contributed by atoms with Gasteiger partial charge in [-0.05, 0) is 50.1 Å². The van der Waals surface area contributed by atoms with Crippen molar-refractivity contribution in [1.29, 1.82) is 0 Å². The van der Waals surface area contributed by atoms with Crippen LogP contribution in [0.4, 0.5) is 4.79 Å². The maximum atomic E-state index is 14.3. The van der Waals surface area contributed by atoms with E-state index in [-0.39, 0.29) is 30.1 Å². The number of hydrogen-bond donors (Lipinski definition) is 0. The van der Waals surface area contributed by atoms with E-state index in [4.69, 9.17) is 26.1 Å². The Labute approximate surface area is 230 Å². The molecule has 0 saturated carbocycles. The van der Waals surface area contributed by atoms with Crippen molar-refractivity contribution in [3.05, 3.63) is 58.6 Å². The van der Waals surface area contributed by atoms with Gasteiger partial charge in [0.15, 0.2) is 0 Å². The van der Waals surface area contributed by atoms with Crippen LogP contribution in [-0.4, -0.2) is 77.9 Å². The molecule has 2 aromatic rings. The Morgan fingerprint density at radius 2 is 1.71 bits per heavy atom. The molecule has 0 bridgehead atoms. The molecular formula is C29H37ClN4O4. The first-order valence-electron chi connectivity index (χ1n) is 13.3. The first-order chi connectivity index (χ1) is 18.2. The molecule has 1 fully saturated rings. The summed E-state index contributed by atoms with van der Waals surface area (Å²) in [5, 5.41) is 0.640. The molecule has 0 N–H and O–H groups in total. The minimum absolute atomic E-state index is 0.0243. The van der Waals surface area contributed by atoms with Crippen LogP contribution in [0.2, 0.25) is 5.02 Å². The summed E-state index contributed by atoms with van der Waals surface area (Å²) in [6.07, 6.45) is 1.66. The second-order valence-corrected chi connectivity index (χ2v) is 10.4. The normalized spacial score (nSPS) is 19.6. The lowest BCUT2D eigenvalue weighted by molar-refractivity contribution is -0.130. The van der Waals surface area contributed by atoms with Gasteiger partial charge in [0, 0.05) is 44.2 Å². The number of carbonyl (C=O) groups is 2. The van der Waals surface area contributed by atoms with Crippen molar-refractivity contribution in [3.63, 3.8) is 0 Å². The predicted molar refractivity (Wildman–Crippen MR) is 149 cm³/mol. The van der Waals surface area contributed by atoms with Gasteiger partial charge < -0.3 is 19.3 Å². The largest absolute Gasteiger partial charge is 0.497 e. The molecule has 3 amide bonds. The van der Waals surface area contributed by atoms with Crippen LogP contribution in [0.15, 0.2) is 47.5 Å². The Kier molecular flexibility index (Phi) is 8.82. The van der Waals surface area contributed by atoms with Crippen LogP contribution in [0.25, 0.3) is 0 Å². The fourth-order valence-electron chi connectivity index (χ4n) is 5.08. The third kappa shape index (κ3) is 5.90. The molecule has 38 heavy (non-hydrogen) atoms. The second-order valence-electron chi connectivity index (χ2n) is 9.98. The number of amidine groups is 1. The van der Waals surface area contributed by atoms with E-state index in [1.54, 1.807) is 18.9 Å². The third-order valence-electron chi connectivity index (χ3n) is 6.95. The average molecular weight is 541 g/mol. The maximum absolute atomic E-state index is 14.3. The number of rotatable bonds is 7. The lowest BCUT2D eigenvalue weighted by atomic mass is 9.96. The van der Waals surface area contributed by atoms with Crippen LogP contribution in [0.3, 0.4) is 0 Å². The Bertz CT molecular complexity index is 1180. The smallest absolute Gasteiger partial charge is 0.326 e. The number of carbonyl (C=O) groups excluding carboxylic acids is 2. The molecule has 4 rings (SSSR count). The van der Waals surface area contributed by atoms with E-state index >= 15 is 0 Å². The minimum atomic E-state index is -0.297. The fraction of sp³-hybridized carbons (Fsp3) is 0.483. The maximum Gasteiger partial charge on any atom is 0.326 e. The number of aliphatic imine (C=N–C) groups is 1. The number of methoxy groups -OCH3 is 1. The molecule has 8 nitrogen and oxygen atoms in total. The number of urea groups is 1. The number of nitrogens with zero attached hydrogens (tertiary/aromatic N) is 4. The van der Waals surface area contributed by atoms with Gasteiger partial charge in [-0.15, -0.1) is 0 Å². The highest BCUT2D eigenvalue weighted by Gasteiger charge is 2.44. The van der Waals surface area contributed by atoms with Crippen LogP contribution in [0, 0.1) is 0 Å². The zero-order valence-electron chi connectivity index (χ0n) is 22.8. The summed E-state index contributed by atoms with van der Waals surface area (Å²) >= 11 is 6.22. The van der Waals surface area contributed by atoms with Crippen molar-refractivity contribution in [2.75, 3.05) is 33.3 Å². The third-order valence-corrected chi connectivity index (χ3v) is 7.20. The number of piperazine rings is 1. The fourth-order valence-corrected chi connectivity index (χ4v) is 5.21. The number of benzene rings is 2. The van der Waals surface area contributed by atoms with Gasteiger partial charge >= 0.3 is 6.03 Å². The molecule has 9 heteroatoms. The minimum Gasteiger partial charge on any atom is -0.497 e. The van der Waals surface area contributed by atoms with Crippen LogP contribution in [-0.2, 0) is 4.79 Å². The van der Waals surface area contributed by atoms with Crippen LogP contribution in [0.5, 0.6) is 11.5 Å². The Morgan fingerprint density at radius 3 is 2.29 bits per heavy atom. The summed E-state index contributed by atoms with van der Waals surface area (Å²) in [6, 6.07) is 12.7. The first kappa shape index (κ1) is 27.8. The Hall–Kier alpha value is -3.26. The van der Waals surface area contributed by atoms with Gasteiger partial charge in [0.2, 0.25) is 5.91 Å². The van der Waals surface area contributed by atoms with Crippen molar-refractivity contribution in [1.82, 2.24) is 14.7 Å². The highest BCUT2D eigenvalue weighted by atomic mass is 35.5. The van der Waals surface area contributed by atoms with Gasteiger partial charge in [0.1, 0.15) is 17.3 Å². The molecule has 2 heterocycles. The monoisotopic (exact) mass is 540 g/mol. The van der Waals surface area contributed by atoms with Gasteiger partial charge in [-0.1, -0.05) is 37.1 Å². The zero-order valence-corrected chi connectivity index (χ0v) is 23.6. The summed E-state index contributed by atoms with van der Waals surface area (Å²) < 4.78 is 11.7. The van der Waals surface area contributed by atoms with E-state index in [0.29, 0.717) is 48.5 Å². The summed E-state index contributed by atoms with van der Waals surface area (Å²) in [4.78, 5) is 36.8. The van der Waals surface area contributed by atoms with E-state index in [1.807, 2.05) is 66.1 Å². The Balaban J connectivity index is 1.80. The highest BCUT2D eigenvalue weighted by Crippen LogP contribution is 2.40. The van der Waals surface area contributed by atoms with Crippen LogP contribution >= 0.6 is 11.6 Å². The SMILES string of the molecule is CCCC1N=C(c2ccc(OC)cc2OC(C)C)N(C(=O)N2CCN(C(C)=O)CC2)[C@H]1c1ccc(Cl)cc1. The van der Waals surface area contributed by atoms with Crippen molar-refractivity contribution < 1.29 is 19.1 Å². The van der Waals surface area contributed by atoms with E-state index in [2.05, 4.69) is 6.92 Å². The zero-order chi connectivity index (χ0) is 27.4. The molecule has 0 aromatic heterocycles. The summed E-state index contributed by atoms with van der Waals surface area (Å²) in [7, 11) is 1.62. The second kappa shape index (κ2) is 12.1. The molecule has 204 valence electrons. The standard InChI is InChI=1S/C29H37ClN4O4/c1-6-7-25-27(21-8-10-22(30)11-9-21)34(29(36)33-16-14-32(15-17-33)20(4)35)28(31-25)24-13-12-23(37-5)18-26(24)38-19(2)3/h8-13,18-19,25,27H,6-7,14-17H2,1-5H3/t25?,27-/m0/s1. The van der Waals surface area contributed by atoms with E-state index in [1.165, 1.54) is 0 Å². The van der Waals surface area contributed by atoms with Gasteiger partial charge in [-0.2, -0.15) is 0 Å². The van der Waals surface area contributed by atoms with E-state index in [0.717, 1.165) is 24.0 Å². The number of ether oxygens (including phenoxy) is 2. The average Bonchev–Trinajstić information content (AvgIpc) is 3.27. The molecule has 1 unspecified atom stereocenters. The lowest BCUT2D eigenvalue weighted by Gasteiger charge is -2.39. The van der Waals surface area contributed by atoms with Crippen molar-refractivity contribution in [3.8, 4) is 11.5 Å². The Morgan fingerprint density at radius 1 is 1.05 bits per heavy atom. The number of amides is 3. The molecule has 2 aliphatic rings. The summed E-state index contributed by atoms with van der Waals surface area (Å²) in [6.45, 7) is 9.57. The topological polar surface area (TPSA) is 74.7 Å². The van der Waals surface area contributed by atoms with Crippen molar-refractivity contribution in [2.45, 2.75) is 58.7 Å². The van der Waals surface area contributed by atoms with Gasteiger partial charge in [0.25, 0.3) is 0 Å². The van der Waals surface area contributed by atoms with E-state index < -0.39 is 0 Å². The molecule has 0 spiro atoms. The van der Waals surface area contributed by atoms with E-state index in [9.17, 15) is 9.59 Å². The molecule has 0 radical (unpaired) electrons. The molecular weight excluding hydrogens is 504 g/mol.